The van der Waals surface area contributed by atoms with Gasteiger partial charge in [0.1, 0.15) is 0 Å². The number of fused-ring (bicyclic) bond motifs is 1. The van der Waals surface area contributed by atoms with Crippen molar-refractivity contribution in [1.82, 2.24) is 4.90 Å². The Labute approximate surface area is 172 Å². The Morgan fingerprint density at radius 2 is 2.15 bits per heavy atom. The summed E-state index contributed by atoms with van der Waals surface area (Å²) < 4.78 is 6.40. The first-order chi connectivity index (χ1) is 12.8. The first-order valence-corrected chi connectivity index (χ1v) is 10.7. The molecule has 0 radical (unpaired) electrons. The average molecular weight is 451 g/mol. The van der Waals surface area contributed by atoms with Gasteiger partial charge in [-0.25, -0.2) is 9.79 Å². The highest BCUT2D eigenvalue weighted by Crippen LogP contribution is 2.44. The monoisotopic (exact) mass is 450 g/mol. The zero-order valence-electron chi connectivity index (χ0n) is 15.9. The van der Waals surface area contributed by atoms with E-state index >= 15 is 0 Å². The summed E-state index contributed by atoms with van der Waals surface area (Å²) in [6, 6.07) is 7.17. The van der Waals surface area contributed by atoms with E-state index in [1.165, 1.54) is 11.8 Å². The first-order valence-electron chi connectivity index (χ1n) is 9.05. The molecule has 2 aliphatic rings. The van der Waals surface area contributed by atoms with Gasteiger partial charge in [0, 0.05) is 4.47 Å². The van der Waals surface area contributed by atoms with Gasteiger partial charge in [-0.05, 0) is 37.0 Å². The fraction of sp³-hybridized carbons (Fsp3) is 0.450. The molecule has 2 heterocycles. The van der Waals surface area contributed by atoms with Gasteiger partial charge in [-0.15, -0.1) is 0 Å². The van der Waals surface area contributed by atoms with Crippen molar-refractivity contribution in [3.8, 4) is 0 Å². The van der Waals surface area contributed by atoms with E-state index in [2.05, 4.69) is 20.9 Å². The summed E-state index contributed by atoms with van der Waals surface area (Å²) >= 11 is 4.96. The van der Waals surface area contributed by atoms with E-state index in [1.807, 2.05) is 52.0 Å². The van der Waals surface area contributed by atoms with E-state index in [0.29, 0.717) is 23.0 Å². The molecule has 7 heteroatoms. The molecule has 2 aliphatic heterocycles. The molecule has 27 heavy (non-hydrogen) atoms. The van der Waals surface area contributed by atoms with Gasteiger partial charge >= 0.3 is 5.97 Å². The number of carbonyl (C=O) groups excluding carboxylic acids is 2. The van der Waals surface area contributed by atoms with Crippen molar-refractivity contribution in [3.63, 3.8) is 0 Å². The maximum absolute atomic E-state index is 13.0. The number of allylic oxidation sites excluding steroid dienone is 1. The third kappa shape index (κ3) is 3.99. The predicted molar refractivity (Wildman–Crippen MR) is 111 cm³/mol. The fourth-order valence-corrected chi connectivity index (χ4v) is 4.71. The summed E-state index contributed by atoms with van der Waals surface area (Å²) in [6.07, 6.45) is 0.719. The van der Waals surface area contributed by atoms with Crippen molar-refractivity contribution in [2.24, 2.45) is 10.9 Å². The lowest BCUT2D eigenvalue weighted by Gasteiger charge is -2.33. The standard InChI is InChI=1S/C20H23BrN2O3S/c1-5-15-18(24)23-17(13-7-6-8-14(21)9-13)16(12(4)22-20(23)27-15)19(25)26-10-11(2)3/h6-9,11,15,17H,5,10H2,1-4H3. The lowest BCUT2D eigenvalue weighted by Crippen LogP contribution is -2.41. The van der Waals surface area contributed by atoms with E-state index in [1.54, 1.807) is 4.90 Å². The number of aliphatic imine (C=N–C) groups is 1. The van der Waals surface area contributed by atoms with Gasteiger partial charge in [0.15, 0.2) is 5.17 Å². The van der Waals surface area contributed by atoms with Gasteiger partial charge < -0.3 is 4.74 Å². The predicted octanol–water partition coefficient (Wildman–Crippen LogP) is 4.69. The highest BCUT2D eigenvalue weighted by molar-refractivity contribution is 9.10. The van der Waals surface area contributed by atoms with Gasteiger partial charge in [-0.2, -0.15) is 0 Å². The van der Waals surface area contributed by atoms with Gasteiger partial charge in [0.2, 0.25) is 5.91 Å². The Morgan fingerprint density at radius 1 is 1.41 bits per heavy atom. The van der Waals surface area contributed by atoms with E-state index in [4.69, 9.17) is 4.74 Å². The number of amidine groups is 1. The number of nitrogens with zero attached hydrogens (tertiary/aromatic N) is 2. The first kappa shape index (κ1) is 20.1. The number of benzene rings is 1. The minimum atomic E-state index is -0.522. The number of amides is 1. The molecule has 3 rings (SSSR count). The van der Waals surface area contributed by atoms with Gasteiger partial charge in [-0.3, -0.25) is 9.69 Å². The molecule has 0 saturated carbocycles. The van der Waals surface area contributed by atoms with Crippen LogP contribution in [0.1, 0.15) is 45.7 Å². The van der Waals surface area contributed by atoms with Crippen LogP contribution in [-0.2, 0) is 14.3 Å². The molecule has 0 aromatic heterocycles. The number of carbonyl (C=O) groups is 2. The number of hydrogen-bond donors (Lipinski definition) is 0. The molecule has 0 bridgehead atoms. The summed E-state index contributed by atoms with van der Waals surface area (Å²) in [7, 11) is 0. The zero-order valence-corrected chi connectivity index (χ0v) is 18.3. The van der Waals surface area contributed by atoms with E-state index in [9.17, 15) is 9.59 Å². The van der Waals surface area contributed by atoms with E-state index in [-0.39, 0.29) is 17.1 Å². The third-order valence-electron chi connectivity index (χ3n) is 4.45. The number of esters is 1. The fourth-order valence-electron chi connectivity index (χ4n) is 3.16. The summed E-state index contributed by atoms with van der Waals surface area (Å²) in [5.74, 6) is -0.185. The molecule has 0 aliphatic carbocycles. The zero-order chi connectivity index (χ0) is 19.7. The van der Waals surface area contributed by atoms with Crippen molar-refractivity contribution in [2.75, 3.05) is 6.61 Å². The molecule has 1 amide bonds. The van der Waals surface area contributed by atoms with Gasteiger partial charge in [0.05, 0.1) is 29.2 Å². The Kier molecular flexibility index (Phi) is 6.11. The molecule has 1 aromatic carbocycles. The van der Waals surface area contributed by atoms with E-state index in [0.717, 1.165) is 16.5 Å². The number of rotatable bonds is 5. The summed E-state index contributed by atoms with van der Waals surface area (Å²) in [5.41, 5.74) is 1.90. The second kappa shape index (κ2) is 8.19. The molecule has 2 unspecified atom stereocenters. The summed E-state index contributed by atoms with van der Waals surface area (Å²) in [5, 5.41) is 0.493. The van der Waals surface area contributed by atoms with Crippen LogP contribution >= 0.6 is 27.7 Å². The van der Waals surface area contributed by atoms with Crippen LogP contribution in [0.3, 0.4) is 0 Å². The highest BCUT2D eigenvalue weighted by Gasteiger charge is 2.47. The van der Waals surface area contributed by atoms with Crippen LogP contribution in [0.15, 0.2) is 45.0 Å². The van der Waals surface area contributed by atoms with Crippen LogP contribution in [-0.4, -0.2) is 33.8 Å². The quantitative estimate of drug-likeness (QED) is 0.610. The van der Waals surface area contributed by atoms with Crippen LogP contribution in [0, 0.1) is 5.92 Å². The van der Waals surface area contributed by atoms with Crippen LogP contribution in [0.5, 0.6) is 0 Å². The molecule has 1 fully saturated rings. The summed E-state index contributed by atoms with van der Waals surface area (Å²) in [4.78, 5) is 32.2. The Morgan fingerprint density at radius 3 is 2.78 bits per heavy atom. The minimum Gasteiger partial charge on any atom is -0.462 e. The number of ether oxygens (including phenoxy) is 1. The lowest BCUT2D eigenvalue weighted by atomic mass is 9.94. The van der Waals surface area contributed by atoms with Gasteiger partial charge in [0.25, 0.3) is 0 Å². The molecule has 2 atom stereocenters. The molecule has 0 spiro atoms. The third-order valence-corrected chi connectivity index (χ3v) is 6.27. The molecular weight excluding hydrogens is 428 g/mol. The topological polar surface area (TPSA) is 59.0 Å². The molecule has 144 valence electrons. The molecule has 1 saturated heterocycles. The van der Waals surface area contributed by atoms with Crippen molar-refractivity contribution < 1.29 is 14.3 Å². The Hall–Kier alpha value is -1.60. The SMILES string of the molecule is CCC1SC2=NC(C)=C(C(=O)OCC(C)C)C(c3cccc(Br)c3)N2C1=O. The molecular formula is C20H23BrN2O3S. The van der Waals surface area contributed by atoms with Crippen LogP contribution < -0.4 is 0 Å². The van der Waals surface area contributed by atoms with E-state index < -0.39 is 12.0 Å². The van der Waals surface area contributed by atoms with Gasteiger partial charge in [-0.1, -0.05) is 60.6 Å². The highest BCUT2D eigenvalue weighted by atomic mass is 79.9. The average Bonchev–Trinajstić information content (AvgIpc) is 2.93. The number of halogens is 1. The minimum absolute atomic E-state index is 0.00659. The van der Waals surface area contributed by atoms with Crippen molar-refractivity contribution >= 4 is 44.7 Å². The second-order valence-corrected chi connectivity index (χ2v) is 9.15. The van der Waals surface area contributed by atoms with Crippen LogP contribution in [0.25, 0.3) is 0 Å². The number of thioether (sulfide) groups is 1. The van der Waals surface area contributed by atoms with Crippen molar-refractivity contribution in [2.45, 2.75) is 45.4 Å². The number of hydrogen-bond acceptors (Lipinski definition) is 5. The maximum atomic E-state index is 13.0. The smallest absolute Gasteiger partial charge is 0.338 e. The Bertz CT molecular complexity index is 834. The maximum Gasteiger partial charge on any atom is 0.338 e. The normalized spacial score (nSPS) is 22.2. The van der Waals surface area contributed by atoms with Crippen LogP contribution in [0.4, 0.5) is 0 Å². The largest absolute Gasteiger partial charge is 0.462 e. The lowest BCUT2D eigenvalue weighted by molar-refractivity contribution is -0.141. The molecule has 1 aromatic rings. The second-order valence-electron chi connectivity index (χ2n) is 7.07. The van der Waals surface area contributed by atoms with Crippen molar-refractivity contribution in [3.05, 3.63) is 45.6 Å². The molecule has 5 nitrogen and oxygen atoms in total. The van der Waals surface area contributed by atoms with Crippen molar-refractivity contribution in [1.29, 1.82) is 0 Å². The molecule has 0 N–H and O–H groups in total. The Balaban J connectivity index is 2.08. The van der Waals surface area contributed by atoms with Crippen LogP contribution in [0.2, 0.25) is 0 Å². The summed E-state index contributed by atoms with van der Waals surface area (Å²) in [6.45, 7) is 8.11.